The lowest BCUT2D eigenvalue weighted by molar-refractivity contribution is -0.134. The molecular formula is C20H17N3O3S. The zero-order valence-electron chi connectivity index (χ0n) is 14.6. The molecule has 1 aliphatic heterocycles. The van der Waals surface area contributed by atoms with Crippen LogP contribution in [0.2, 0.25) is 0 Å². The van der Waals surface area contributed by atoms with Crippen LogP contribution in [-0.2, 0) is 22.4 Å². The van der Waals surface area contributed by atoms with E-state index in [0.29, 0.717) is 23.5 Å². The molecule has 0 unspecified atom stereocenters. The highest BCUT2D eigenvalue weighted by Crippen LogP contribution is 2.29. The van der Waals surface area contributed by atoms with Gasteiger partial charge in [0.25, 0.3) is 5.91 Å². The first-order chi connectivity index (χ1) is 13.0. The molecule has 0 bridgehead atoms. The maximum Gasteiger partial charge on any atom is 0.339 e. The van der Waals surface area contributed by atoms with Gasteiger partial charge in [0.15, 0.2) is 5.60 Å². The van der Waals surface area contributed by atoms with Gasteiger partial charge in [0, 0.05) is 12.8 Å². The van der Waals surface area contributed by atoms with Crippen LogP contribution >= 0.6 is 11.3 Å². The van der Waals surface area contributed by atoms with Crippen molar-refractivity contribution in [2.24, 2.45) is 0 Å². The first-order valence-electron chi connectivity index (χ1n) is 8.52. The predicted octanol–water partition coefficient (Wildman–Crippen LogP) is 3.24. The third kappa shape index (κ3) is 3.59. The summed E-state index contributed by atoms with van der Waals surface area (Å²) in [6.45, 7) is 1.61. The van der Waals surface area contributed by atoms with Gasteiger partial charge >= 0.3 is 5.97 Å². The van der Waals surface area contributed by atoms with Crippen LogP contribution in [0.5, 0.6) is 0 Å². The summed E-state index contributed by atoms with van der Waals surface area (Å²) in [4.78, 5) is 25.0. The zero-order chi connectivity index (χ0) is 18.9. The summed E-state index contributed by atoms with van der Waals surface area (Å²) in [6.07, 6.45) is 0.963. The highest BCUT2D eigenvalue weighted by molar-refractivity contribution is 7.15. The van der Waals surface area contributed by atoms with Crippen LogP contribution < -0.4 is 5.32 Å². The molecule has 4 rings (SSSR count). The Morgan fingerprint density at radius 2 is 1.89 bits per heavy atom. The smallest absolute Gasteiger partial charge is 0.339 e. The van der Waals surface area contributed by atoms with Crippen LogP contribution in [0, 0.1) is 0 Å². The van der Waals surface area contributed by atoms with Crippen molar-refractivity contribution in [1.29, 1.82) is 0 Å². The predicted molar refractivity (Wildman–Crippen MR) is 102 cm³/mol. The molecule has 0 fully saturated rings. The Bertz CT molecular complexity index is 1000. The fourth-order valence-electron chi connectivity index (χ4n) is 3.03. The molecule has 2 heterocycles. The summed E-state index contributed by atoms with van der Waals surface area (Å²) in [6, 6.07) is 17.1. The molecule has 1 N–H and O–H groups in total. The van der Waals surface area contributed by atoms with E-state index in [1.54, 1.807) is 19.1 Å². The Balaban J connectivity index is 1.47. The van der Waals surface area contributed by atoms with E-state index in [4.69, 9.17) is 4.74 Å². The highest BCUT2D eigenvalue weighted by Gasteiger charge is 2.42. The molecule has 6 nitrogen and oxygen atoms in total. The number of aromatic nitrogens is 2. The van der Waals surface area contributed by atoms with Crippen LogP contribution in [-0.4, -0.2) is 27.7 Å². The number of rotatable bonds is 4. The summed E-state index contributed by atoms with van der Waals surface area (Å²) in [5.41, 5.74) is 1.14. The van der Waals surface area contributed by atoms with Gasteiger partial charge < -0.3 is 4.74 Å². The topological polar surface area (TPSA) is 81.2 Å². The summed E-state index contributed by atoms with van der Waals surface area (Å²) >= 11 is 1.31. The van der Waals surface area contributed by atoms with Gasteiger partial charge in [-0.15, -0.1) is 10.2 Å². The molecule has 1 atom stereocenters. The van der Waals surface area contributed by atoms with Crippen LogP contribution in [0.15, 0.2) is 54.6 Å². The van der Waals surface area contributed by atoms with E-state index in [0.717, 1.165) is 16.1 Å². The van der Waals surface area contributed by atoms with Crippen molar-refractivity contribution in [2.45, 2.75) is 25.4 Å². The summed E-state index contributed by atoms with van der Waals surface area (Å²) < 4.78 is 5.44. The van der Waals surface area contributed by atoms with E-state index in [-0.39, 0.29) is 0 Å². The fourth-order valence-corrected chi connectivity index (χ4v) is 3.80. The number of amides is 1. The van der Waals surface area contributed by atoms with Crippen molar-refractivity contribution in [3.8, 4) is 0 Å². The number of cyclic esters (lactones) is 1. The number of ether oxygens (including phenoxy) is 1. The van der Waals surface area contributed by atoms with Gasteiger partial charge in [-0.25, -0.2) is 4.79 Å². The SMILES string of the molecule is C[C@]1(C(=O)Nc2nnc(Cc3ccccc3)s2)Cc2ccccc2C(=O)O1. The number of benzene rings is 2. The van der Waals surface area contributed by atoms with Crippen molar-refractivity contribution >= 4 is 28.3 Å². The molecule has 0 radical (unpaired) electrons. The Kier molecular flexibility index (Phi) is 4.45. The van der Waals surface area contributed by atoms with E-state index in [1.807, 2.05) is 42.5 Å². The Hall–Kier alpha value is -3.06. The molecule has 136 valence electrons. The molecule has 2 aromatic carbocycles. The van der Waals surface area contributed by atoms with Gasteiger partial charge in [0.05, 0.1) is 5.56 Å². The normalized spacial score (nSPS) is 18.5. The summed E-state index contributed by atoms with van der Waals surface area (Å²) in [5.74, 6) is -0.899. The average molecular weight is 379 g/mol. The van der Waals surface area contributed by atoms with E-state index in [2.05, 4.69) is 15.5 Å². The minimum Gasteiger partial charge on any atom is -0.445 e. The molecule has 0 spiro atoms. The largest absolute Gasteiger partial charge is 0.445 e. The minimum atomic E-state index is -1.28. The van der Waals surface area contributed by atoms with Crippen molar-refractivity contribution in [3.05, 3.63) is 76.3 Å². The first kappa shape index (κ1) is 17.4. The third-order valence-electron chi connectivity index (χ3n) is 4.45. The van der Waals surface area contributed by atoms with Crippen molar-refractivity contribution in [3.63, 3.8) is 0 Å². The van der Waals surface area contributed by atoms with Gasteiger partial charge in [-0.1, -0.05) is 59.9 Å². The van der Waals surface area contributed by atoms with Crippen LogP contribution in [0.25, 0.3) is 0 Å². The van der Waals surface area contributed by atoms with Crippen molar-refractivity contribution in [2.75, 3.05) is 5.32 Å². The number of carbonyl (C=O) groups is 2. The minimum absolute atomic E-state index is 0.316. The lowest BCUT2D eigenvalue weighted by Crippen LogP contribution is -2.48. The molecule has 1 aromatic heterocycles. The molecule has 7 heteroatoms. The summed E-state index contributed by atoms with van der Waals surface area (Å²) in [7, 11) is 0. The lowest BCUT2D eigenvalue weighted by atomic mass is 9.89. The number of nitrogens with zero attached hydrogens (tertiary/aromatic N) is 2. The van der Waals surface area contributed by atoms with Crippen LogP contribution in [0.4, 0.5) is 5.13 Å². The van der Waals surface area contributed by atoms with Gasteiger partial charge in [-0.05, 0) is 24.1 Å². The Morgan fingerprint density at radius 1 is 1.15 bits per heavy atom. The van der Waals surface area contributed by atoms with E-state index < -0.39 is 17.5 Å². The maximum absolute atomic E-state index is 12.8. The third-order valence-corrected chi connectivity index (χ3v) is 5.29. The molecule has 27 heavy (non-hydrogen) atoms. The second-order valence-corrected chi connectivity index (χ2v) is 7.63. The van der Waals surface area contributed by atoms with E-state index >= 15 is 0 Å². The second kappa shape index (κ2) is 6.92. The number of anilines is 1. The quantitative estimate of drug-likeness (QED) is 0.704. The zero-order valence-corrected chi connectivity index (χ0v) is 15.5. The molecule has 0 saturated heterocycles. The number of esters is 1. The lowest BCUT2D eigenvalue weighted by Gasteiger charge is -2.32. The molecule has 3 aromatic rings. The number of carbonyl (C=O) groups excluding carboxylic acids is 2. The van der Waals surface area contributed by atoms with Crippen molar-refractivity contribution in [1.82, 2.24) is 10.2 Å². The number of hydrogen-bond donors (Lipinski definition) is 1. The monoisotopic (exact) mass is 379 g/mol. The van der Waals surface area contributed by atoms with Gasteiger partial charge in [0.2, 0.25) is 5.13 Å². The second-order valence-electron chi connectivity index (χ2n) is 6.57. The Labute approximate surface area is 160 Å². The van der Waals surface area contributed by atoms with E-state index in [1.165, 1.54) is 11.3 Å². The molecule has 1 aliphatic rings. The number of fused-ring (bicyclic) bond motifs is 1. The molecule has 1 amide bonds. The van der Waals surface area contributed by atoms with Crippen molar-refractivity contribution < 1.29 is 14.3 Å². The standard InChI is InChI=1S/C20H17N3O3S/c1-20(12-14-9-5-6-10-15(14)17(24)26-20)18(25)21-19-23-22-16(27-19)11-13-7-3-2-4-8-13/h2-10H,11-12H2,1H3,(H,21,23,25)/t20-/m1/s1. The highest BCUT2D eigenvalue weighted by atomic mass is 32.1. The fraction of sp³-hybridized carbons (Fsp3) is 0.200. The van der Waals surface area contributed by atoms with Gasteiger partial charge in [-0.2, -0.15) is 0 Å². The molecule has 0 aliphatic carbocycles. The van der Waals surface area contributed by atoms with Crippen LogP contribution in [0.3, 0.4) is 0 Å². The number of hydrogen-bond acceptors (Lipinski definition) is 6. The summed E-state index contributed by atoms with van der Waals surface area (Å²) in [5, 5.41) is 12.1. The first-order valence-corrected chi connectivity index (χ1v) is 9.34. The Morgan fingerprint density at radius 3 is 2.70 bits per heavy atom. The van der Waals surface area contributed by atoms with Gasteiger partial charge in [0.1, 0.15) is 5.01 Å². The molecular weight excluding hydrogens is 362 g/mol. The van der Waals surface area contributed by atoms with E-state index in [9.17, 15) is 9.59 Å². The maximum atomic E-state index is 12.8. The van der Waals surface area contributed by atoms with Gasteiger partial charge in [-0.3, -0.25) is 10.1 Å². The molecule has 0 saturated carbocycles. The average Bonchev–Trinajstić information content (AvgIpc) is 3.09. The van der Waals surface area contributed by atoms with Crippen LogP contribution in [0.1, 0.15) is 33.4 Å². The number of nitrogens with one attached hydrogen (secondary N) is 1.